The molecular formula is C18H16ClN3O2. The molecule has 0 aliphatic carbocycles. The molecule has 0 radical (unpaired) electrons. The molecule has 0 atom stereocenters. The van der Waals surface area contributed by atoms with Gasteiger partial charge in [0.15, 0.2) is 0 Å². The summed E-state index contributed by atoms with van der Waals surface area (Å²) in [5.41, 5.74) is 2.12. The summed E-state index contributed by atoms with van der Waals surface area (Å²) >= 11 is 5.96. The van der Waals surface area contributed by atoms with E-state index in [0.717, 1.165) is 5.56 Å². The smallest absolute Gasteiger partial charge is 0.259 e. The van der Waals surface area contributed by atoms with Crippen LogP contribution in [0, 0.1) is 0 Å². The summed E-state index contributed by atoms with van der Waals surface area (Å²) in [6, 6.07) is 14.9. The first kappa shape index (κ1) is 16.1. The van der Waals surface area contributed by atoms with E-state index in [-0.39, 0.29) is 5.91 Å². The molecule has 3 aromatic rings. The van der Waals surface area contributed by atoms with Gasteiger partial charge in [0.1, 0.15) is 5.75 Å². The normalized spacial score (nSPS) is 10.4. The van der Waals surface area contributed by atoms with Crippen LogP contribution >= 0.6 is 11.6 Å². The standard InChI is InChI=1S/C18H16ClN3O2/c1-24-17-8-7-14(19)9-16(17)18(23)21-15-10-20-22(12-15)11-13-5-3-2-4-6-13/h2-10,12H,11H2,1H3,(H,21,23). The molecule has 0 aliphatic heterocycles. The van der Waals surface area contributed by atoms with Crippen LogP contribution in [-0.2, 0) is 6.54 Å². The maximum atomic E-state index is 12.4. The monoisotopic (exact) mass is 341 g/mol. The number of hydrogen-bond donors (Lipinski definition) is 1. The van der Waals surface area contributed by atoms with Crippen molar-refractivity contribution < 1.29 is 9.53 Å². The molecule has 1 aromatic heterocycles. The van der Waals surface area contributed by atoms with Crippen molar-refractivity contribution in [2.24, 2.45) is 0 Å². The number of halogens is 1. The molecule has 0 saturated carbocycles. The molecule has 0 aliphatic rings. The molecule has 0 bridgehead atoms. The number of carbonyl (C=O) groups is 1. The van der Waals surface area contributed by atoms with Gasteiger partial charge in [0.2, 0.25) is 0 Å². The second-order valence-corrected chi connectivity index (χ2v) is 5.65. The van der Waals surface area contributed by atoms with Crippen molar-refractivity contribution in [1.82, 2.24) is 9.78 Å². The summed E-state index contributed by atoms with van der Waals surface area (Å²) in [7, 11) is 1.51. The number of amides is 1. The highest BCUT2D eigenvalue weighted by atomic mass is 35.5. The highest BCUT2D eigenvalue weighted by Gasteiger charge is 2.14. The second kappa shape index (κ2) is 7.19. The van der Waals surface area contributed by atoms with Crippen LogP contribution in [0.5, 0.6) is 5.75 Å². The summed E-state index contributed by atoms with van der Waals surface area (Å²) in [5.74, 6) is 0.169. The van der Waals surface area contributed by atoms with Crippen LogP contribution < -0.4 is 10.1 Å². The number of aromatic nitrogens is 2. The summed E-state index contributed by atoms with van der Waals surface area (Å²) < 4.78 is 6.97. The van der Waals surface area contributed by atoms with E-state index < -0.39 is 0 Å². The Morgan fingerprint density at radius 3 is 2.79 bits per heavy atom. The van der Waals surface area contributed by atoms with Gasteiger partial charge in [0, 0.05) is 11.2 Å². The highest BCUT2D eigenvalue weighted by Crippen LogP contribution is 2.23. The summed E-state index contributed by atoms with van der Waals surface area (Å²) in [6.07, 6.45) is 3.39. The number of benzene rings is 2. The van der Waals surface area contributed by atoms with Crippen LogP contribution in [0.2, 0.25) is 5.02 Å². The number of methoxy groups -OCH3 is 1. The highest BCUT2D eigenvalue weighted by molar-refractivity contribution is 6.31. The second-order valence-electron chi connectivity index (χ2n) is 5.21. The third-order valence-electron chi connectivity index (χ3n) is 3.48. The lowest BCUT2D eigenvalue weighted by molar-refractivity contribution is 0.102. The van der Waals surface area contributed by atoms with E-state index in [1.165, 1.54) is 7.11 Å². The van der Waals surface area contributed by atoms with Gasteiger partial charge in [-0.25, -0.2) is 0 Å². The summed E-state index contributed by atoms with van der Waals surface area (Å²) in [5, 5.41) is 7.54. The van der Waals surface area contributed by atoms with Crippen molar-refractivity contribution >= 4 is 23.2 Å². The van der Waals surface area contributed by atoms with E-state index in [1.54, 1.807) is 35.3 Å². The molecular weight excluding hydrogens is 326 g/mol. The Kier molecular flexibility index (Phi) is 4.82. The van der Waals surface area contributed by atoms with Crippen molar-refractivity contribution in [2.45, 2.75) is 6.54 Å². The molecule has 24 heavy (non-hydrogen) atoms. The summed E-state index contributed by atoms with van der Waals surface area (Å²) in [6.45, 7) is 0.636. The van der Waals surface area contributed by atoms with E-state index in [4.69, 9.17) is 16.3 Å². The maximum Gasteiger partial charge on any atom is 0.259 e. The molecule has 6 heteroatoms. The van der Waals surface area contributed by atoms with Gasteiger partial charge in [0.05, 0.1) is 31.1 Å². The fourth-order valence-electron chi connectivity index (χ4n) is 2.34. The minimum absolute atomic E-state index is 0.298. The van der Waals surface area contributed by atoms with Gasteiger partial charge in [-0.05, 0) is 23.8 Å². The van der Waals surface area contributed by atoms with Crippen LogP contribution in [0.25, 0.3) is 0 Å². The quantitative estimate of drug-likeness (QED) is 0.767. The molecule has 122 valence electrons. The average Bonchev–Trinajstić information content (AvgIpc) is 3.02. The largest absolute Gasteiger partial charge is 0.496 e. The van der Waals surface area contributed by atoms with Crippen LogP contribution in [0.4, 0.5) is 5.69 Å². The predicted molar refractivity (Wildman–Crippen MR) is 93.7 cm³/mol. The SMILES string of the molecule is COc1ccc(Cl)cc1C(=O)Nc1cnn(Cc2ccccc2)c1. The van der Waals surface area contributed by atoms with Crippen molar-refractivity contribution in [3.63, 3.8) is 0 Å². The first-order valence-electron chi connectivity index (χ1n) is 7.37. The van der Waals surface area contributed by atoms with Gasteiger partial charge in [-0.2, -0.15) is 5.10 Å². The molecule has 1 heterocycles. The Hall–Kier alpha value is -2.79. The predicted octanol–water partition coefficient (Wildman–Crippen LogP) is 3.85. The third kappa shape index (κ3) is 3.75. The van der Waals surface area contributed by atoms with Crippen LogP contribution in [0.1, 0.15) is 15.9 Å². The minimum Gasteiger partial charge on any atom is -0.496 e. The van der Waals surface area contributed by atoms with Crippen LogP contribution in [-0.4, -0.2) is 22.8 Å². The molecule has 3 rings (SSSR count). The van der Waals surface area contributed by atoms with E-state index in [1.807, 2.05) is 30.3 Å². The molecule has 1 amide bonds. The number of hydrogen-bond acceptors (Lipinski definition) is 3. The van der Waals surface area contributed by atoms with Crippen molar-refractivity contribution in [2.75, 3.05) is 12.4 Å². The lowest BCUT2D eigenvalue weighted by atomic mass is 10.2. The van der Waals surface area contributed by atoms with Gasteiger partial charge in [-0.15, -0.1) is 0 Å². The molecule has 0 spiro atoms. The van der Waals surface area contributed by atoms with Crippen molar-refractivity contribution in [3.05, 3.63) is 77.1 Å². The topological polar surface area (TPSA) is 56.1 Å². The molecule has 0 fully saturated rings. The van der Waals surface area contributed by atoms with Gasteiger partial charge >= 0.3 is 0 Å². The number of nitrogens with zero attached hydrogens (tertiary/aromatic N) is 2. The lowest BCUT2D eigenvalue weighted by Crippen LogP contribution is -2.12. The van der Waals surface area contributed by atoms with Crippen LogP contribution in [0.15, 0.2) is 60.9 Å². The van der Waals surface area contributed by atoms with E-state index >= 15 is 0 Å². The molecule has 1 N–H and O–H groups in total. The number of rotatable bonds is 5. The number of ether oxygens (including phenoxy) is 1. The van der Waals surface area contributed by atoms with Crippen molar-refractivity contribution in [3.8, 4) is 5.75 Å². The molecule has 5 nitrogen and oxygen atoms in total. The Bertz CT molecular complexity index is 846. The van der Waals surface area contributed by atoms with Gasteiger partial charge in [0.25, 0.3) is 5.91 Å². The number of carbonyl (C=O) groups excluding carboxylic acids is 1. The van der Waals surface area contributed by atoms with Gasteiger partial charge in [-0.1, -0.05) is 41.9 Å². The van der Waals surface area contributed by atoms with E-state index in [9.17, 15) is 4.79 Å². The Labute approximate surface area is 144 Å². The minimum atomic E-state index is -0.298. The maximum absolute atomic E-state index is 12.4. The zero-order chi connectivity index (χ0) is 16.9. The first-order valence-corrected chi connectivity index (χ1v) is 7.75. The Morgan fingerprint density at radius 2 is 2.04 bits per heavy atom. The zero-order valence-electron chi connectivity index (χ0n) is 13.1. The van der Waals surface area contributed by atoms with Gasteiger partial charge < -0.3 is 10.1 Å². The fraction of sp³-hybridized carbons (Fsp3) is 0.111. The van der Waals surface area contributed by atoms with Crippen LogP contribution in [0.3, 0.4) is 0 Å². The van der Waals surface area contributed by atoms with Crippen molar-refractivity contribution in [1.29, 1.82) is 0 Å². The molecule has 0 unspecified atom stereocenters. The number of nitrogens with one attached hydrogen (secondary N) is 1. The Balaban J connectivity index is 1.73. The third-order valence-corrected chi connectivity index (χ3v) is 3.72. The fourth-order valence-corrected chi connectivity index (χ4v) is 2.51. The average molecular weight is 342 g/mol. The first-order chi connectivity index (χ1) is 11.7. The lowest BCUT2D eigenvalue weighted by Gasteiger charge is -2.08. The molecule has 2 aromatic carbocycles. The molecule has 0 saturated heterocycles. The number of anilines is 1. The van der Waals surface area contributed by atoms with E-state index in [0.29, 0.717) is 28.6 Å². The summed E-state index contributed by atoms with van der Waals surface area (Å²) in [4.78, 5) is 12.4. The van der Waals surface area contributed by atoms with Gasteiger partial charge in [-0.3, -0.25) is 9.48 Å². The zero-order valence-corrected chi connectivity index (χ0v) is 13.8. The van der Waals surface area contributed by atoms with E-state index in [2.05, 4.69) is 10.4 Å². The Morgan fingerprint density at radius 1 is 1.25 bits per heavy atom.